The molecule has 0 radical (unpaired) electrons. The summed E-state index contributed by atoms with van der Waals surface area (Å²) >= 11 is 0. The van der Waals surface area contributed by atoms with E-state index in [1.54, 1.807) is 0 Å². The fourth-order valence-electron chi connectivity index (χ4n) is 2.31. The third-order valence-corrected chi connectivity index (χ3v) is 3.57. The van der Waals surface area contributed by atoms with E-state index in [2.05, 4.69) is 17.1 Å². The number of benzene rings is 1. The number of unbranched alkanes of at least 4 members (excludes halogenated alkanes) is 1. The van der Waals surface area contributed by atoms with Gasteiger partial charge >= 0.3 is 5.97 Å². The zero-order chi connectivity index (χ0) is 16.4. The van der Waals surface area contributed by atoms with Crippen molar-refractivity contribution in [2.75, 3.05) is 18.4 Å². The first-order valence-corrected chi connectivity index (χ1v) is 7.86. The van der Waals surface area contributed by atoms with Crippen LogP contribution in [0.15, 0.2) is 30.3 Å². The van der Waals surface area contributed by atoms with Gasteiger partial charge in [-0.2, -0.15) is 0 Å². The topological polar surface area (TPSA) is 69.6 Å². The number of anilines is 1. The molecule has 1 aromatic rings. The Morgan fingerprint density at radius 3 is 2.45 bits per heavy atom. The van der Waals surface area contributed by atoms with Crippen molar-refractivity contribution in [2.24, 2.45) is 0 Å². The summed E-state index contributed by atoms with van der Waals surface area (Å²) in [7, 11) is 0. The predicted molar refractivity (Wildman–Crippen MR) is 87.9 cm³/mol. The number of para-hydroxylation sites is 1. The Bertz CT molecular complexity index is 462. The Balaban J connectivity index is 2.50. The predicted octanol–water partition coefficient (Wildman–Crippen LogP) is 2.98. The number of nitrogens with zero attached hydrogens (tertiary/aromatic N) is 1. The standard InChI is InChI=1S/C17H26N2O3/c1-3-12-19(13-8-7-11-16(20)21)14(2)17(22)18-15-9-5-4-6-10-15/h4-6,9-10,14H,3,7-8,11-13H2,1-2H3,(H,18,22)(H,20,21). The highest BCUT2D eigenvalue weighted by atomic mass is 16.4. The minimum atomic E-state index is -0.767. The second-order valence-corrected chi connectivity index (χ2v) is 5.42. The van der Waals surface area contributed by atoms with Crippen LogP contribution in [0, 0.1) is 0 Å². The van der Waals surface area contributed by atoms with Gasteiger partial charge in [0.15, 0.2) is 0 Å². The van der Waals surface area contributed by atoms with Gasteiger partial charge in [-0.1, -0.05) is 25.1 Å². The van der Waals surface area contributed by atoms with Crippen molar-refractivity contribution >= 4 is 17.6 Å². The molecular weight excluding hydrogens is 280 g/mol. The first kappa shape index (κ1) is 18.2. The molecule has 1 aromatic carbocycles. The molecule has 1 rings (SSSR count). The highest BCUT2D eigenvalue weighted by Gasteiger charge is 2.20. The largest absolute Gasteiger partial charge is 0.481 e. The maximum Gasteiger partial charge on any atom is 0.303 e. The number of carbonyl (C=O) groups excluding carboxylic acids is 1. The van der Waals surface area contributed by atoms with Crippen molar-refractivity contribution < 1.29 is 14.7 Å². The monoisotopic (exact) mass is 306 g/mol. The lowest BCUT2D eigenvalue weighted by molar-refractivity contribution is -0.137. The lowest BCUT2D eigenvalue weighted by atomic mass is 10.2. The first-order valence-electron chi connectivity index (χ1n) is 7.86. The number of amides is 1. The average Bonchev–Trinajstić information content (AvgIpc) is 2.50. The Morgan fingerprint density at radius 1 is 1.18 bits per heavy atom. The summed E-state index contributed by atoms with van der Waals surface area (Å²) in [4.78, 5) is 25.0. The quantitative estimate of drug-likeness (QED) is 0.652. The van der Waals surface area contributed by atoms with Crippen molar-refractivity contribution in [1.82, 2.24) is 4.90 Å². The minimum absolute atomic E-state index is 0.0297. The molecule has 0 fully saturated rings. The molecule has 2 N–H and O–H groups in total. The van der Waals surface area contributed by atoms with E-state index in [0.29, 0.717) is 6.42 Å². The molecule has 0 saturated carbocycles. The van der Waals surface area contributed by atoms with Crippen molar-refractivity contribution in [3.63, 3.8) is 0 Å². The lowest BCUT2D eigenvalue weighted by Crippen LogP contribution is -2.43. The van der Waals surface area contributed by atoms with Crippen LogP contribution in [0.3, 0.4) is 0 Å². The molecular formula is C17H26N2O3. The van der Waals surface area contributed by atoms with E-state index in [0.717, 1.165) is 31.6 Å². The molecule has 5 heteroatoms. The second kappa shape index (κ2) is 9.95. The second-order valence-electron chi connectivity index (χ2n) is 5.42. The van der Waals surface area contributed by atoms with Crippen LogP contribution in [-0.4, -0.2) is 41.0 Å². The Labute approximate surface area is 132 Å². The highest BCUT2D eigenvalue weighted by molar-refractivity contribution is 5.94. The van der Waals surface area contributed by atoms with Gasteiger partial charge in [-0.15, -0.1) is 0 Å². The van der Waals surface area contributed by atoms with Crippen LogP contribution in [0.1, 0.15) is 39.5 Å². The van der Waals surface area contributed by atoms with Crippen LogP contribution in [-0.2, 0) is 9.59 Å². The van der Waals surface area contributed by atoms with E-state index in [4.69, 9.17) is 5.11 Å². The van der Waals surface area contributed by atoms with Crippen LogP contribution in [0.5, 0.6) is 0 Å². The molecule has 5 nitrogen and oxygen atoms in total. The molecule has 0 aliphatic heterocycles. The molecule has 0 aromatic heterocycles. The summed E-state index contributed by atoms with van der Waals surface area (Å²) in [5, 5.41) is 11.6. The average molecular weight is 306 g/mol. The molecule has 0 bridgehead atoms. The molecule has 122 valence electrons. The van der Waals surface area contributed by atoms with Gasteiger partial charge in [0.1, 0.15) is 0 Å². The summed E-state index contributed by atoms with van der Waals surface area (Å²) in [5.41, 5.74) is 0.793. The van der Waals surface area contributed by atoms with Crippen LogP contribution < -0.4 is 5.32 Å². The first-order chi connectivity index (χ1) is 10.5. The van der Waals surface area contributed by atoms with E-state index in [9.17, 15) is 9.59 Å². The number of aliphatic carboxylic acids is 1. The minimum Gasteiger partial charge on any atom is -0.481 e. The van der Waals surface area contributed by atoms with E-state index in [1.807, 2.05) is 37.3 Å². The number of carbonyl (C=O) groups is 2. The summed E-state index contributed by atoms with van der Waals surface area (Å²) in [6.07, 6.45) is 2.57. The Hall–Kier alpha value is -1.88. The van der Waals surface area contributed by atoms with Crippen LogP contribution in [0.4, 0.5) is 5.69 Å². The van der Waals surface area contributed by atoms with Crippen molar-refractivity contribution in [3.8, 4) is 0 Å². The zero-order valence-corrected chi connectivity index (χ0v) is 13.4. The Morgan fingerprint density at radius 2 is 1.86 bits per heavy atom. The molecule has 1 unspecified atom stereocenters. The van der Waals surface area contributed by atoms with Gasteiger partial charge in [0.25, 0.3) is 0 Å². The molecule has 22 heavy (non-hydrogen) atoms. The maximum atomic E-state index is 12.3. The highest BCUT2D eigenvalue weighted by Crippen LogP contribution is 2.10. The number of rotatable bonds is 10. The summed E-state index contributed by atoms with van der Waals surface area (Å²) in [6, 6.07) is 9.17. The van der Waals surface area contributed by atoms with E-state index in [-0.39, 0.29) is 18.4 Å². The number of carboxylic acids is 1. The van der Waals surface area contributed by atoms with E-state index < -0.39 is 5.97 Å². The smallest absolute Gasteiger partial charge is 0.303 e. The fourth-order valence-corrected chi connectivity index (χ4v) is 2.31. The van der Waals surface area contributed by atoms with Gasteiger partial charge in [0.2, 0.25) is 5.91 Å². The molecule has 0 saturated heterocycles. The number of carboxylic acid groups (broad SMARTS) is 1. The maximum absolute atomic E-state index is 12.3. The van der Waals surface area contributed by atoms with Crippen LogP contribution >= 0.6 is 0 Å². The van der Waals surface area contributed by atoms with Gasteiger partial charge in [0.05, 0.1) is 6.04 Å². The summed E-state index contributed by atoms with van der Waals surface area (Å²) in [6.45, 7) is 5.54. The lowest BCUT2D eigenvalue weighted by Gasteiger charge is -2.27. The molecule has 1 atom stereocenters. The third kappa shape index (κ3) is 6.72. The van der Waals surface area contributed by atoms with Crippen LogP contribution in [0.25, 0.3) is 0 Å². The zero-order valence-electron chi connectivity index (χ0n) is 13.4. The van der Waals surface area contributed by atoms with Crippen LogP contribution in [0.2, 0.25) is 0 Å². The van der Waals surface area contributed by atoms with Crippen molar-refractivity contribution in [2.45, 2.75) is 45.6 Å². The van der Waals surface area contributed by atoms with E-state index in [1.165, 1.54) is 0 Å². The third-order valence-electron chi connectivity index (χ3n) is 3.57. The van der Waals surface area contributed by atoms with Gasteiger partial charge in [-0.3, -0.25) is 14.5 Å². The number of hydrogen-bond acceptors (Lipinski definition) is 3. The van der Waals surface area contributed by atoms with E-state index >= 15 is 0 Å². The normalized spacial score (nSPS) is 12.1. The number of nitrogens with one attached hydrogen (secondary N) is 1. The van der Waals surface area contributed by atoms with Crippen molar-refractivity contribution in [1.29, 1.82) is 0 Å². The molecule has 0 heterocycles. The molecule has 0 aliphatic rings. The summed E-state index contributed by atoms with van der Waals surface area (Å²) in [5.74, 6) is -0.796. The van der Waals surface area contributed by atoms with Gasteiger partial charge in [-0.25, -0.2) is 0 Å². The van der Waals surface area contributed by atoms with Gasteiger partial charge < -0.3 is 10.4 Å². The summed E-state index contributed by atoms with van der Waals surface area (Å²) < 4.78 is 0. The molecule has 1 amide bonds. The molecule has 0 aliphatic carbocycles. The molecule has 0 spiro atoms. The van der Waals surface area contributed by atoms with Crippen molar-refractivity contribution in [3.05, 3.63) is 30.3 Å². The van der Waals surface area contributed by atoms with Gasteiger partial charge in [0, 0.05) is 12.1 Å². The van der Waals surface area contributed by atoms with Gasteiger partial charge in [-0.05, 0) is 51.4 Å². The fraction of sp³-hybridized carbons (Fsp3) is 0.529. The SMILES string of the molecule is CCCN(CCCCC(=O)O)C(C)C(=O)Nc1ccccc1. The Kier molecular flexibility index (Phi) is 8.22. The number of hydrogen-bond donors (Lipinski definition) is 2.